The Bertz CT molecular complexity index is 560. The number of hydrogen-bond donors (Lipinski definition) is 1. The van der Waals surface area contributed by atoms with Crippen LogP contribution >= 0.6 is 11.6 Å². The molecule has 0 aliphatic rings. The zero-order valence-corrected chi connectivity index (χ0v) is 11.4. The monoisotopic (exact) mass is 279 g/mol. The van der Waals surface area contributed by atoms with Crippen molar-refractivity contribution in [3.8, 4) is 11.4 Å². The molecule has 0 fully saturated rings. The van der Waals surface area contributed by atoms with Crippen LogP contribution in [-0.2, 0) is 6.54 Å². The van der Waals surface area contributed by atoms with Crippen molar-refractivity contribution in [2.45, 2.75) is 19.9 Å². The molecule has 0 saturated heterocycles. The number of rotatable bonds is 5. The first-order valence-electron chi connectivity index (χ1n) is 6.18. The first-order chi connectivity index (χ1) is 9.20. The second-order valence-electron chi connectivity index (χ2n) is 4.17. The van der Waals surface area contributed by atoms with E-state index in [-0.39, 0.29) is 5.82 Å². The summed E-state index contributed by atoms with van der Waals surface area (Å²) in [5.41, 5.74) is 1.53. The number of aromatic nitrogens is 2. The Morgan fingerprint density at radius 3 is 2.89 bits per heavy atom. The lowest BCUT2D eigenvalue weighted by Crippen LogP contribution is -2.15. The summed E-state index contributed by atoms with van der Waals surface area (Å²) in [4.78, 5) is 8.61. The smallest absolute Gasteiger partial charge is 0.160 e. The number of nitrogens with zero attached hydrogens (tertiary/aromatic N) is 2. The highest BCUT2D eigenvalue weighted by Gasteiger charge is 2.08. The summed E-state index contributed by atoms with van der Waals surface area (Å²) in [5.74, 6) is 0.148. The predicted octanol–water partition coefficient (Wildman–Crippen LogP) is 3.44. The highest BCUT2D eigenvalue weighted by atomic mass is 35.5. The summed E-state index contributed by atoms with van der Waals surface area (Å²) in [6.07, 6.45) is 2.76. The molecule has 0 saturated carbocycles. The molecule has 19 heavy (non-hydrogen) atoms. The molecule has 2 aromatic rings. The van der Waals surface area contributed by atoms with Crippen LogP contribution in [0.15, 0.2) is 30.5 Å². The summed E-state index contributed by atoms with van der Waals surface area (Å²) in [5, 5.41) is 3.59. The number of hydrogen-bond acceptors (Lipinski definition) is 3. The van der Waals surface area contributed by atoms with Gasteiger partial charge in [0.15, 0.2) is 5.82 Å². The van der Waals surface area contributed by atoms with E-state index in [4.69, 9.17) is 11.6 Å². The minimum absolute atomic E-state index is 0.318. The zero-order chi connectivity index (χ0) is 13.7. The van der Waals surface area contributed by atoms with E-state index >= 15 is 0 Å². The Labute approximate surface area is 116 Å². The van der Waals surface area contributed by atoms with Gasteiger partial charge in [-0.15, -0.1) is 0 Å². The fraction of sp³-hybridized carbons (Fsp3) is 0.286. The molecule has 0 aliphatic carbocycles. The molecule has 0 bridgehead atoms. The van der Waals surface area contributed by atoms with E-state index in [1.54, 1.807) is 12.3 Å². The van der Waals surface area contributed by atoms with Gasteiger partial charge in [0.05, 0.1) is 10.7 Å². The van der Waals surface area contributed by atoms with Crippen LogP contribution in [0.3, 0.4) is 0 Å². The Balaban J connectivity index is 2.22. The van der Waals surface area contributed by atoms with Crippen LogP contribution in [0.1, 0.15) is 19.0 Å². The summed E-state index contributed by atoms with van der Waals surface area (Å²) < 4.78 is 13.0. The van der Waals surface area contributed by atoms with Gasteiger partial charge in [0, 0.05) is 18.3 Å². The normalized spacial score (nSPS) is 10.7. The van der Waals surface area contributed by atoms with Gasteiger partial charge in [-0.05, 0) is 37.2 Å². The molecule has 2 rings (SSSR count). The Kier molecular flexibility index (Phi) is 4.82. The molecule has 1 aromatic carbocycles. The van der Waals surface area contributed by atoms with Crippen molar-refractivity contribution in [2.24, 2.45) is 0 Å². The summed E-state index contributed by atoms with van der Waals surface area (Å²) in [6.45, 7) is 3.73. The van der Waals surface area contributed by atoms with Crippen LogP contribution in [0.2, 0.25) is 5.02 Å². The van der Waals surface area contributed by atoms with E-state index in [2.05, 4.69) is 22.2 Å². The van der Waals surface area contributed by atoms with Gasteiger partial charge in [-0.2, -0.15) is 0 Å². The maximum absolute atomic E-state index is 13.0. The SMILES string of the molecule is CCCNCc1ccnc(-c2ccc(F)cc2Cl)n1. The van der Waals surface area contributed by atoms with Gasteiger partial charge < -0.3 is 5.32 Å². The maximum Gasteiger partial charge on any atom is 0.160 e. The molecule has 3 nitrogen and oxygen atoms in total. The van der Waals surface area contributed by atoms with Crippen molar-refractivity contribution in [1.29, 1.82) is 0 Å². The van der Waals surface area contributed by atoms with Gasteiger partial charge in [0.25, 0.3) is 0 Å². The van der Waals surface area contributed by atoms with Crippen molar-refractivity contribution < 1.29 is 4.39 Å². The molecule has 0 unspecified atom stereocenters. The number of benzene rings is 1. The van der Waals surface area contributed by atoms with E-state index in [1.165, 1.54) is 12.1 Å². The number of nitrogens with one attached hydrogen (secondary N) is 1. The first kappa shape index (κ1) is 13.9. The van der Waals surface area contributed by atoms with E-state index in [0.29, 0.717) is 23.0 Å². The second-order valence-corrected chi connectivity index (χ2v) is 4.58. The average Bonchev–Trinajstić information content (AvgIpc) is 2.39. The van der Waals surface area contributed by atoms with Crippen molar-refractivity contribution in [1.82, 2.24) is 15.3 Å². The molecule has 0 spiro atoms. The fourth-order valence-corrected chi connectivity index (χ4v) is 1.94. The van der Waals surface area contributed by atoms with E-state index < -0.39 is 0 Å². The van der Waals surface area contributed by atoms with Crippen LogP contribution in [0.5, 0.6) is 0 Å². The predicted molar refractivity (Wildman–Crippen MR) is 74.4 cm³/mol. The maximum atomic E-state index is 13.0. The van der Waals surface area contributed by atoms with E-state index in [9.17, 15) is 4.39 Å². The topological polar surface area (TPSA) is 37.8 Å². The first-order valence-corrected chi connectivity index (χ1v) is 6.56. The summed E-state index contributed by atoms with van der Waals surface area (Å²) in [6, 6.07) is 6.06. The third-order valence-corrected chi connectivity index (χ3v) is 2.93. The fourth-order valence-electron chi connectivity index (χ4n) is 1.69. The van der Waals surface area contributed by atoms with Gasteiger partial charge in [-0.25, -0.2) is 14.4 Å². The molecule has 100 valence electrons. The lowest BCUT2D eigenvalue weighted by Gasteiger charge is -2.06. The quantitative estimate of drug-likeness (QED) is 0.852. The van der Waals surface area contributed by atoms with Crippen molar-refractivity contribution in [3.63, 3.8) is 0 Å². The molecule has 1 aromatic heterocycles. The minimum atomic E-state index is -0.366. The van der Waals surface area contributed by atoms with Crippen LogP contribution in [-0.4, -0.2) is 16.5 Å². The zero-order valence-electron chi connectivity index (χ0n) is 10.7. The lowest BCUT2D eigenvalue weighted by molar-refractivity contribution is 0.628. The molecule has 0 atom stereocenters. The van der Waals surface area contributed by atoms with Gasteiger partial charge in [0.1, 0.15) is 5.82 Å². The molecule has 0 amide bonds. The minimum Gasteiger partial charge on any atom is -0.311 e. The number of halogens is 2. The molecule has 0 aliphatic heterocycles. The van der Waals surface area contributed by atoms with Crippen molar-refractivity contribution in [2.75, 3.05) is 6.54 Å². The molecular formula is C14H15ClFN3. The van der Waals surface area contributed by atoms with Crippen molar-refractivity contribution in [3.05, 3.63) is 47.0 Å². The Morgan fingerprint density at radius 1 is 1.32 bits per heavy atom. The highest BCUT2D eigenvalue weighted by Crippen LogP contribution is 2.25. The van der Waals surface area contributed by atoms with E-state index in [1.807, 2.05) is 6.07 Å². The van der Waals surface area contributed by atoms with Gasteiger partial charge in [0.2, 0.25) is 0 Å². The van der Waals surface area contributed by atoms with Crippen LogP contribution in [0, 0.1) is 5.82 Å². The molecular weight excluding hydrogens is 265 g/mol. The third-order valence-electron chi connectivity index (χ3n) is 2.62. The molecule has 1 heterocycles. The molecule has 0 radical (unpaired) electrons. The standard InChI is InChI=1S/C14H15ClFN3/c1-2-6-17-9-11-5-7-18-14(19-11)12-4-3-10(16)8-13(12)15/h3-5,7-8,17H,2,6,9H2,1H3. The Morgan fingerprint density at radius 2 is 2.16 bits per heavy atom. The second kappa shape index (κ2) is 6.59. The Hall–Kier alpha value is -1.52. The van der Waals surface area contributed by atoms with E-state index in [0.717, 1.165) is 18.7 Å². The van der Waals surface area contributed by atoms with Crippen molar-refractivity contribution >= 4 is 11.6 Å². The van der Waals surface area contributed by atoms with Crippen LogP contribution < -0.4 is 5.32 Å². The summed E-state index contributed by atoms with van der Waals surface area (Å²) >= 11 is 6.01. The lowest BCUT2D eigenvalue weighted by atomic mass is 10.2. The van der Waals surface area contributed by atoms with Crippen LogP contribution in [0.25, 0.3) is 11.4 Å². The third kappa shape index (κ3) is 3.72. The van der Waals surface area contributed by atoms with Gasteiger partial charge >= 0.3 is 0 Å². The highest BCUT2D eigenvalue weighted by molar-refractivity contribution is 6.33. The average molecular weight is 280 g/mol. The molecule has 5 heteroatoms. The van der Waals surface area contributed by atoms with Gasteiger partial charge in [-0.3, -0.25) is 0 Å². The summed E-state index contributed by atoms with van der Waals surface area (Å²) in [7, 11) is 0. The molecule has 1 N–H and O–H groups in total. The largest absolute Gasteiger partial charge is 0.311 e. The van der Waals surface area contributed by atoms with Gasteiger partial charge in [-0.1, -0.05) is 18.5 Å². The van der Waals surface area contributed by atoms with Crippen LogP contribution in [0.4, 0.5) is 4.39 Å².